The molecule has 0 aliphatic rings. The van der Waals surface area contributed by atoms with Gasteiger partial charge in [0.1, 0.15) is 11.9 Å². The first-order valence-electron chi connectivity index (χ1n) is 4.48. The van der Waals surface area contributed by atoms with Crippen LogP contribution in [-0.4, -0.2) is 15.8 Å². The monoisotopic (exact) mass is 198 g/mol. The Morgan fingerprint density at radius 1 is 1.29 bits per heavy atom. The second-order valence-electron chi connectivity index (χ2n) is 4.12. The van der Waals surface area contributed by atoms with E-state index in [0.717, 1.165) is 5.56 Å². The Morgan fingerprint density at radius 2 is 1.86 bits per heavy atom. The van der Waals surface area contributed by atoms with Crippen LogP contribution in [0.1, 0.15) is 31.1 Å². The van der Waals surface area contributed by atoms with Gasteiger partial charge in [0.25, 0.3) is 0 Å². The van der Waals surface area contributed by atoms with Gasteiger partial charge in [-0.2, -0.15) is 0 Å². The second-order valence-corrected chi connectivity index (χ2v) is 4.12. The summed E-state index contributed by atoms with van der Waals surface area (Å²) in [6.07, 6.45) is -1.07. The van der Waals surface area contributed by atoms with Gasteiger partial charge in [0.05, 0.1) is 5.60 Å². The van der Waals surface area contributed by atoms with Gasteiger partial charge < -0.3 is 10.2 Å². The Bertz CT molecular complexity index is 308. The largest absolute Gasteiger partial charge is 0.387 e. The van der Waals surface area contributed by atoms with Crippen LogP contribution in [0, 0.1) is 12.7 Å². The molecule has 0 amide bonds. The number of hydrogen-bond acceptors (Lipinski definition) is 2. The van der Waals surface area contributed by atoms with Crippen molar-refractivity contribution in [1.29, 1.82) is 0 Å². The summed E-state index contributed by atoms with van der Waals surface area (Å²) in [6.45, 7) is 4.71. The lowest BCUT2D eigenvalue weighted by Gasteiger charge is -2.25. The molecule has 0 heterocycles. The number of aryl methyl sites for hydroxylation is 1. The molecule has 0 aliphatic carbocycles. The van der Waals surface area contributed by atoms with Gasteiger partial charge in [0, 0.05) is 0 Å². The average Bonchev–Trinajstić information content (AvgIpc) is 1.99. The average molecular weight is 198 g/mol. The van der Waals surface area contributed by atoms with Crippen molar-refractivity contribution in [2.75, 3.05) is 0 Å². The fourth-order valence-corrected chi connectivity index (χ4v) is 1.33. The van der Waals surface area contributed by atoms with Gasteiger partial charge in [-0.3, -0.25) is 0 Å². The summed E-state index contributed by atoms with van der Waals surface area (Å²) in [5, 5.41) is 19.2. The van der Waals surface area contributed by atoms with Crippen LogP contribution in [0.2, 0.25) is 0 Å². The SMILES string of the molecule is Cc1cc(F)cc(C(O)C(C)(C)O)c1. The molecular formula is C11H15FO2. The molecule has 0 fully saturated rings. The first-order chi connectivity index (χ1) is 6.30. The maximum absolute atomic E-state index is 13.0. The highest BCUT2D eigenvalue weighted by Gasteiger charge is 2.26. The van der Waals surface area contributed by atoms with Crippen LogP contribution >= 0.6 is 0 Å². The molecule has 1 atom stereocenters. The van der Waals surface area contributed by atoms with Gasteiger partial charge in [0.2, 0.25) is 0 Å². The highest BCUT2D eigenvalue weighted by molar-refractivity contribution is 5.26. The Hall–Kier alpha value is -0.930. The number of benzene rings is 1. The fourth-order valence-electron chi connectivity index (χ4n) is 1.33. The first kappa shape index (κ1) is 11.1. The minimum Gasteiger partial charge on any atom is -0.387 e. The molecule has 0 aliphatic heterocycles. The standard InChI is InChI=1S/C11H15FO2/c1-7-4-8(6-9(12)5-7)10(13)11(2,3)14/h4-6,10,13-14H,1-3H3. The molecule has 2 N–H and O–H groups in total. The van der Waals surface area contributed by atoms with E-state index >= 15 is 0 Å². The van der Waals surface area contributed by atoms with E-state index in [1.165, 1.54) is 26.0 Å². The normalized spacial score (nSPS) is 14.1. The third-order valence-electron chi connectivity index (χ3n) is 2.05. The predicted octanol–water partition coefficient (Wildman–Crippen LogP) is 1.94. The van der Waals surface area contributed by atoms with Crippen LogP contribution in [-0.2, 0) is 0 Å². The molecule has 0 aromatic heterocycles. The summed E-state index contributed by atoms with van der Waals surface area (Å²) in [7, 11) is 0. The zero-order valence-corrected chi connectivity index (χ0v) is 8.58. The van der Waals surface area contributed by atoms with Crippen molar-refractivity contribution in [2.45, 2.75) is 32.5 Å². The molecular weight excluding hydrogens is 183 g/mol. The molecule has 1 aromatic carbocycles. The molecule has 0 spiro atoms. The maximum Gasteiger partial charge on any atom is 0.123 e. The minimum absolute atomic E-state index is 0.398. The smallest absolute Gasteiger partial charge is 0.123 e. The van der Waals surface area contributed by atoms with E-state index in [9.17, 15) is 14.6 Å². The van der Waals surface area contributed by atoms with Crippen molar-refractivity contribution >= 4 is 0 Å². The molecule has 1 rings (SSSR count). The molecule has 0 saturated carbocycles. The fraction of sp³-hybridized carbons (Fsp3) is 0.455. The molecule has 1 aromatic rings. The summed E-state index contributed by atoms with van der Waals surface area (Å²) in [4.78, 5) is 0. The molecule has 2 nitrogen and oxygen atoms in total. The predicted molar refractivity (Wildman–Crippen MR) is 52.4 cm³/mol. The molecule has 0 bridgehead atoms. The van der Waals surface area contributed by atoms with Crippen LogP contribution in [0.25, 0.3) is 0 Å². The molecule has 14 heavy (non-hydrogen) atoms. The third-order valence-corrected chi connectivity index (χ3v) is 2.05. The molecule has 1 unspecified atom stereocenters. The van der Waals surface area contributed by atoms with Gasteiger partial charge >= 0.3 is 0 Å². The number of aliphatic hydroxyl groups is 2. The summed E-state index contributed by atoms with van der Waals surface area (Å²) in [5.41, 5.74) is -0.140. The van der Waals surface area contributed by atoms with Crippen LogP contribution in [0.15, 0.2) is 18.2 Å². The zero-order chi connectivity index (χ0) is 10.9. The second kappa shape index (κ2) is 3.67. The molecule has 3 heteroatoms. The Kier molecular flexibility index (Phi) is 2.92. The van der Waals surface area contributed by atoms with Crippen LogP contribution in [0.5, 0.6) is 0 Å². The summed E-state index contributed by atoms with van der Waals surface area (Å²) in [6, 6.07) is 4.27. The molecule has 0 saturated heterocycles. The Morgan fingerprint density at radius 3 is 2.29 bits per heavy atom. The van der Waals surface area contributed by atoms with Crippen LogP contribution < -0.4 is 0 Å². The number of halogens is 1. The number of aliphatic hydroxyl groups excluding tert-OH is 1. The van der Waals surface area contributed by atoms with E-state index in [0.29, 0.717) is 5.56 Å². The first-order valence-corrected chi connectivity index (χ1v) is 4.48. The summed E-state index contributed by atoms with van der Waals surface area (Å²) < 4.78 is 13.0. The minimum atomic E-state index is -1.26. The lowest BCUT2D eigenvalue weighted by Crippen LogP contribution is -2.28. The highest BCUT2D eigenvalue weighted by atomic mass is 19.1. The van der Waals surface area contributed by atoms with E-state index in [2.05, 4.69) is 0 Å². The van der Waals surface area contributed by atoms with Crippen LogP contribution in [0.4, 0.5) is 4.39 Å². The van der Waals surface area contributed by atoms with E-state index < -0.39 is 17.5 Å². The van der Waals surface area contributed by atoms with Crippen molar-refractivity contribution in [3.63, 3.8) is 0 Å². The lowest BCUT2D eigenvalue weighted by atomic mass is 9.94. The number of rotatable bonds is 2. The lowest BCUT2D eigenvalue weighted by molar-refractivity contribution is -0.0498. The molecule has 78 valence electrons. The topological polar surface area (TPSA) is 40.5 Å². The van der Waals surface area contributed by atoms with E-state index in [1.54, 1.807) is 13.0 Å². The van der Waals surface area contributed by atoms with Crippen LogP contribution in [0.3, 0.4) is 0 Å². The maximum atomic E-state index is 13.0. The third kappa shape index (κ3) is 2.53. The van der Waals surface area contributed by atoms with Crippen molar-refractivity contribution < 1.29 is 14.6 Å². The Labute approximate surface area is 83.0 Å². The van der Waals surface area contributed by atoms with Crippen molar-refractivity contribution in [3.8, 4) is 0 Å². The van der Waals surface area contributed by atoms with Gasteiger partial charge in [-0.1, -0.05) is 6.07 Å². The van der Waals surface area contributed by atoms with Crippen molar-refractivity contribution in [2.24, 2.45) is 0 Å². The van der Waals surface area contributed by atoms with Gasteiger partial charge in [0.15, 0.2) is 0 Å². The summed E-state index contributed by atoms with van der Waals surface area (Å²) in [5.74, 6) is -0.400. The van der Waals surface area contributed by atoms with Gasteiger partial charge in [-0.25, -0.2) is 4.39 Å². The number of hydrogen-bond donors (Lipinski definition) is 2. The van der Waals surface area contributed by atoms with Crippen molar-refractivity contribution in [3.05, 3.63) is 35.1 Å². The van der Waals surface area contributed by atoms with E-state index in [-0.39, 0.29) is 0 Å². The van der Waals surface area contributed by atoms with Crippen molar-refractivity contribution in [1.82, 2.24) is 0 Å². The van der Waals surface area contributed by atoms with E-state index in [4.69, 9.17) is 0 Å². The zero-order valence-electron chi connectivity index (χ0n) is 8.58. The Balaban J connectivity index is 3.07. The van der Waals surface area contributed by atoms with Gasteiger partial charge in [-0.05, 0) is 44.0 Å². The van der Waals surface area contributed by atoms with Gasteiger partial charge in [-0.15, -0.1) is 0 Å². The summed E-state index contributed by atoms with van der Waals surface area (Å²) >= 11 is 0. The van der Waals surface area contributed by atoms with E-state index in [1.807, 2.05) is 0 Å². The highest BCUT2D eigenvalue weighted by Crippen LogP contribution is 2.26. The molecule has 0 radical (unpaired) electrons. The quantitative estimate of drug-likeness (QED) is 0.762.